The van der Waals surface area contributed by atoms with Crippen molar-refractivity contribution in [3.8, 4) is 0 Å². The molecule has 22 heavy (non-hydrogen) atoms. The highest BCUT2D eigenvalue weighted by Gasteiger charge is 2.02. The lowest BCUT2D eigenvalue weighted by Crippen LogP contribution is -2.14. The van der Waals surface area contributed by atoms with E-state index >= 15 is 0 Å². The zero-order valence-corrected chi connectivity index (χ0v) is 12.4. The van der Waals surface area contributed by atoms with Crippen molar-refractivity contribution in [1.29, 1.82) is 0 Å². The SMILES string of the molecule is N/C(=N/N=C/c1ccccc1Cl)c1ccc2ccccc2n1. The normalized spacial score (nSPS) is 12.1. The number of hydrogen-bond acceptors (Lipinski definition) is 3. The molecule has 0 atom stereocenters. The second kappa shape index (κ2) is 6.37. The fourth-order valence-corrected chi connectivity index (χ4v) is 2.18. The van der Waals surface area contributed by atoms with Gasteiger partial charge in [0.15, 0.2) is 5.84 Å². The zero-order valence-electron chi connectivity index (χ0n) is 11.6. The Morgan fingerprint density at radius 1 is 1.00 bits per heavy atom. The molecule has 0 spiro atoms. The highest BCUT2D eigenvalue weighted by atomic mass is 35.5. The van der Waals surface area contributed by atoms with Crippen LogP contribution in [0.4, 0.5) is 0 Å². The Bertz CT molecular complexity index is 871. The van der Waals surface area contributed by atoms with E-state index in [1.54, 1.807) is 12.3 Å². The van der Waals surface area contributed by atoms with Crippen molar-refractivity contribution in [1.82, 2.24) is 4.98 Å². The van der Waals surface area contributed by atoms with Gasteiger partial charge in [0, 0.05) is 16.0 Å². The number of amidine groups is 1. The van der Waals surface area contributed by atoms with E-state index < -0.39 is 0 Å². The van der Waals surface area contributed by atoms with Crippen LogP contribution in [0.15, 0.2) is 70.9 Å². The van der Waals surface area contributed by atoms with Gasteiger partial charge in [0.2, 0.25) is 0 Å². The van der Waals surface area contributed by atoms with Crippen LogP contribution in [-0.2, 0) is 0 Å². The summed E-state index contributed by atoms with van der Waals surface area (Å²) in [5.74, 6) is 0.258. The number of halogens is 1. The van der Waals surface area contributed by atoms with Gasteiger partial charge in [-0.2, -0.15) is 5.10 Å². The molecule has 1 heterocycles. The third-order valence-corrected chi connectivity index (χ3v) is 3.47. The summed E-state index contributed by atoms with van der Waals surface area (Å²) < 4.78 is 0. The number of aromatic nitrogens is 1. The van der Waals surface area contributed by atoms with Crippen molar-refractivity contribution >= 4 is 34.6 Å². The van der Waals surface area contributed by atoms with E-state index in [-0.39, 0.29) is 5.84 Å². The van der Waals surface area contributed by atoms with Gasteiger partial charge in [-0.15, -0.1) is 5.10 Å². The molecule has 0 bridgehead atoms. The van der Waals surface area contributed by atoms with Crippen LogP contribution in [0.5, 0.6) is 0 Å². The molecular weight excluding hydrogens is 296 g/mol. The fourth-order valence-electron chi connectivity index (χ4n) is 1.99. The lowest BCUT2D eigenvalue weighted by atomic mass is 10.2. The Labute approximate surface area is 133 Å². The van der Waals surface area contributed by atoms with E-state index in [2.05, 4.69) is 15.2 Å². The molecule has 2 aromatic carbocycles. The molecule has 0 radical (unpaired) electrons. The summed E-state index contributed by atoms with van der Waals surface area (Å²) >= 11 is 6.04. The highest BCUT2D eigenvalue weighted by molar-refractivity contribution is 6.33. The minimum atomic E-state index is 0.258. The lowest BCUT2D eigenvalue weighted by molar-refractivity contribution is 1.21. The van der Waals surface area contributed by atoms with Gasteiger partial charge in [-0.1, -0.05) is 54.1 Å². The average Bonchev–Trinajstić information content (AvgIpc) is 2.56. The van der Waals surface area contributed by atoms with Crippen LogP contribution >= 0.6 is 11.6 Å². The molecule has 3 rings (SSSR count). The Balaban J connectivity index is 1.85. The number of nitrogens with two attached hydrogens (primary N) is 1. The third kappa shape index (κ3) is 3.13. The Morgan fingerprint density at radius 3 is 2.64 bits per heavy atom. The molecule has 108 valence electrons. The topological polar surface area (TPSA) is 63.6 Å². The van der Waals surface area contributed by atoms with Crippen molar-refractivity contribution in [3.05, 3.63) is 76.9 Å². The highest BCUT2D eigenvalue weighted by Crippen LogP contribution is 2.13. The summed E-state index contributed by atoms with van der Waals surface area (Å²) in [6.45, 7) is 0. The number of hydrogen-bond donors (Lipinski definition) is 1. The Hall–Kier alpha value is -2.72. The summed E-state index contributed by atoms with van der Waals surface area (Å²) in [7, 11) is 0. The van der Waals surface area contributed by atoms with Crippen LogP contribution in [0.2, 0.25) is 5.02 Å². The first-order chi connectivity index (χ1) is 10.7. The van der Waals surface area contributed by atoms with E-state index in [1.807, 2.05) is 54.6 Å². The van der Waals surface area contributed by atoms with Crippen molar-refractivity contribution < 1.29 is 0 Å². The third-order valence-electron chi connectivity index (χ3n) is 3.13. The maximum absolute atomic E-state index is 6.04. The summed E-state index contributed by atoms with van der Waals surface area (Å²) in [5.41, 5.74) is 8.17. The van der Waals surface area contributed by atoms with Gasteiger partial charge >= 0.3 is 0 Å². The minimum Gasteiger partial charge on any atom is -0.380 e. The number of fused-ring (bicyclic) bond motifs is 1. The molecule has 0 unspecified atom stereocenters. The number of rotatable bonds is 3. The standard InChI is InChI=1S/C17H13ClN4/c18-14-7-3-1-6-13(14)11-20-22-17(19)16-10-9-12-5-2-4-8-15(12)21-16/h1-11H,(H2,19,22)/b20-11+. The van der Waals surface area contributed by atoms with Crippen molar-refractivity contribution in [2.45, 2.75) is 0 Å². The second-order valence-electron chi connectivity index (χ2n) is 4.64. The van der Waals surface area contributed by atoms with E-state index in [1.165, 1.54) is 0 Å². The van der Waals surface area contributed by atoms with E-state index in [0.717, 1.165) is 16.5 Å². The van der Waals surface area contributed by atoms with Crippen LogP contribution in [0, 0.1) is 0 Å². The van der Waals surface area contributed by atoms with Gasteiger partial charge in [-0.05, 0) is 18.2 Å². The molecule has 0 aliphatic carbocycles. The fraction of sp³-hybridized carbons (Fsp3) is 0. The maximum atomic E-state index is 6.04. The maximum Gasteiger partial charge on any atom is 0.172 e. The molecule has 0 amide bonds. The van der Waals surface area contributed by atoms with E-state index in [9.17, 15) is 0 Å². The van der Waals surface area contributed by atoms with Crippen molar-refractivity contribution in [2.24, 2.45) is 15.9 Å². The van der Waals surface area contributed by atoms with Crippen LogP contribution in [-0.4, -0.2) is 17.0 Å². The van der Waals surface area contributed by atoms with Gasteiger partial charge in [-0.25, -0.2) is 4.98 Å². The number of pyridine rings is 1. The number of benzene rings is 2. The van der Waals surface area contributed by atoms with E-state index in [0.29, 0.717) is 10.7 Å². The van der Waals surface area contributed by atoms with Gasteiger partial charge in [0.1, 0.15) is 5.69 Å². The smallest absolute Gasteiger partial charge is 0.172 e. The Morgan fingerprint density at radius 2 is 1.77 bits per heavy atom. The van der Waals surface area contributed by atoms with Gasteiger partial charge in [0.25, 0.3) is 0 Å². The predicted octanol–water partition coefficient (Wildman–Crippen LogP) is 3.63. The van der Waals surface area contributed by atoms with Crippen LogP contribution in [0.3, 0.4) is 0 Å². The first kappa shape index (κ1) is 14.2. The van der Waals surface area contributed by atoms with Crippen LogP contribution < -0.4 is 5.73 Å². The molecule has 0 aliphatic heterocycles. The van der Waals surface area contributed by atoms with Crippen molar-refractivity contribution in [3.63, 3.8) is 0 Å². The molecule has 2 N–H and O–H groups in total. The number of para-hydroxylation sites is 1. The predicted molar refractivity (Wildman–Crippen MR) is 91.5 cm³/mol. The largest absolute Gasteiger partial charge is 0.380 e. The Kier molecular flexibility index (Phi) is 4.12. The second-order valence-corrected chi connectivity index (χ2v) is 5.05. The summed E-state index contributed by atoms with van der Waals surface area (Å²) in [6, 6.07) is 19.0. The quantitative estimate of drug-likeness (QED) is 0.456. The molecule has 1 aromatic heterocycles. The first-order valence-corrected chi connectivity index (χ1v) is 7.09. The van der Waals surface area contributed by atoms with E-state index in [4.69, 9.17) is 17.3 Å². The minimum absolute atomic E-state index is 0.258. The molecule has 4 nitrogen and oxygen atoms in total. The van der Waals surface area contributed by atoms with Gasteiger partial charge in [0.05, 0.1) is 11.7 Å². The molecular formula is C17H13ClN4. The first-order valence-electron chi connectivity index (χ1n) is 6.71. The molecule has 0 fully saturated rings. The lowest BCUT2D eigenvalue weighted by Gasteiger charge is -2.01. The van der Waals surface area contributed by atoms with Crippen LogP contribution in [0.25, 0.3) is 10.9 Å². The van der Waals surface area contributed by atoms with Crippen molar-refractivity contribution in [2.75, 3.05) is 0 Å². The van der Waals surface area contributed by atoms with Gasteiger partial charge in [-0.3, -0.25) is 0 Å². The summed E-state index contributed by atoms with van der Waals surface area (Å²) in [5, 5.41) is 9.62. The summed E-state index contributed by atoms with van der Waals surface area (Å²) in [4.78, 5) is 4.46. The van der Waals surface area contributed by atoms with Gasteiger partial charge < -0.3 is 5.73 Å². The number of nitrogens with zero attached hydrogens (tertiary/aromatic N) is 3. The summed E-state index contributed by atoms with van der Waals surface area (Å²) in [6.07, 6.45) is 1.57. The molecule has 5 heteroatoms. The monoisotopic (exact) mass is 308 g/mol. The van der Waals surface area contributed by atoms with Crippen LogP contribution in [0.1, 0.15) is 11.3 Å². The molecule has 0 saturated heterocycles. The average molecular weight is 309 g/mol. The molecule has 3 aromatic rings. The molecule has 0 saturated carbocycles. The molecule has 0 aliphatic rings. The zero-order chi connectivity index (χ0) is 15.4.